The van der Waals surface area contributed by atoms with Crippen molar-refractivity contribution in [3.8, 4) is 0 Å². The van der Waals surface area contributed by atoms with Crippen LogP contribution in [0.5, 0.6) is 0 Å². The van der Waals surface area contributed by atoms with E-state index in [-0.39, 0.29) is 5.78 Å². The number of carbonyl (C=O) groups is 1. The highest BCUT2D eigenvalue weighted by molar-refractivity contribution is 6.31. The van der Waals surface area contributed by atoms with Crippen molar-refractivity contribution in [2.45, 2.75) is 6.92 Å². The smallest absolute Gasteiger partial charge is 0.194 e. The number of aryl methyl sites for hydroxylation is 1. The van der Waals surface area contributed by atoms with Gasteiger partial charge >= 0.3 is 0 Å². The van der Waals surface area contributed by atoms with Crippen LogP contribution >= 0.6 is 11.6 Å². The van der Waals surface area contributed by atoms with Crippen molar-refractivity contribution in [1.82, 2.24) is 4.98 Å². The highest BCUT2D eigenvalue weighted by atomic mass is 35.5. The topological polar surface area (TPSA) is 30.0 Å². The molecule has 2 rings (SSSR count). The number of rotatable bonds is 2. The minimum atomic E-state index is -0.0481. The summed E-state index contributed by atoms with van der Waals surface area (Å²) in [4.78, 5) is 16.1. The summed E-state index contributed by atoms with van der Waals surface area (Å²) in [5.41, 5.74) is 2.12. The molecule has 80 valence electrons. The quantitative estimate of drug-likeness (QED) is 0.743. The van der Waals surface area contributed by atoms with E-state index in [1.54, 1.807) is 36.7 Å². The first-order valence-electron chi connectivity index (χ1n) is 4.89. The third kappa shape index (κ3) is 2.12. The molecule has 0 unspecified atom stereocenters. The maximum absolute atomic E-state index is 12.1. The van der Waals surface area contributed by atoms with Gasteiger partial charge in [0.15, 0.2) is 5.78 Å². The van der Waals surface area contributed by atoms with E-state index in [9.17, 15) is 4.79 Å². The third-order valence-electron chi connectivity index (χ3n) is 2.37. The van der Waals surface area contributed by atoms with Gasteiger partial charge in [-0.3, -0.25) is 9.78 Å². The number of pyridine rings is 1. The molecule has 0 spiro atoms. The molecule has 0 saturated heterocycles. The molecule has 2 nitrogen and oxygen atoms in total. The van der Waals surface area contributed by atoms with Gasteiger partial charge in [-0.25, -0.2) is 0 Å². The maximum atomic E-state index is 12.1. The zero-order valence-electron chi connectivity index (χ0n) is 8.77. The number of benzene rings is 1. The molecule has 1 aromatic carbocycles. The van der Waals surface area contributed by atoms with Gasteiger partial charge in [-0.15, -0.1) is 0 Å². The molecule has 0 radical (unpaired) electrons. The lowest BCUT2D eigenvalue weighted by molar-refractivity contribution is 0.103. The molecule has 0 amide bonds. The van der Waals surface area contributed by atoms with Crippen LogP contribution in [0.15, 0.2) is 42.7 Å². The summed E-state index contributed by atoms with van der Waals surface area (Å²) in [5.74, 6) is -0.0481. The molecule has 0 fully saturated rings. The van der Waals surface area contributed by atoms with Crippen LogP contribution in [-0.2, 0) is 0 Å². The summed E-state index contributed by atoms with van der Waals surface area (Å²) in [7, 11) is 0. The molecular formula is C13H10ClNO. The lowest BCUT2D eigenvalue weighted by Gasteiger charge is -2.04. The van der Waals surface area contributed by atoms with Gasteiger partial charge in [0.25, 0.3) is 0 Å². The minimum absolute atomic E-state index is 0.0481. The molecule has 16 heavy (non-hydrogen) atoms. The average molecular weight is 232 g/mol. The zero-order chi connectivity index (χ0) is 11.5. The molecular weight excluding hydrogens is 222 g/mol. The van der Waals surface area contributed by atoms with E-state index in [2.05, 4.69) is 4.98 Å². The van der Waals surface area contributed by atoms with Crippen LogP contribution in [0.1, 0.15) is 21.5 Å². The Balaban J connectivity index is 2.46. The van der Waals surface area contributed by atoms with Gasteiger partial charge in [0.05, 0.1) is 0 Å². The number of carbonyl (C=O) groups excluding carboxylic acids is 1. The molecule has 1 aromatic heterocycles. The molecule has 0 saturated carbocycles. The van der Waals surface area contributed by atoms with E-state index >= 15 is 0 Å². The van der Waals surface area contributed by atoms with Crippen LogP contribution in [0.2, 0.25) is 5.02 Å². The summed E-state index contributed by atoms with van der Waals surface area (Å²) in [6, 6.07) is 8.79. The number of nitrogens with zero attached hydrogens (tertiary/aromatic N) is 1. The highest BCUT2D eigenvalue weighted by Gasteiger charge is 2.11. The van der Waals surface area contributed by atoms with Gasteiger partial charge in [-0.2, -0.15) is 0 Å². The summed E-state index contributed by atoms with van der Waals surface area (Å²) < 4.78 is 0. The van der Waals surface area contributed by atoms with Crippen LogP contribution in [0.25, 0.3) is 0 Å². The fourth-order valence-corrected chi connectivity index (χ4v) is 1.66. The predicted molar refractivity (Wildman–Crippen MR) is 63.9 cm³/mol. The molecule has 3 heteroatoms. The highest BCUT2D eigenvalue weighted by Crippen LogP contribution is 2.18. The number of hydrogen-bond donors (Lipinski definition) is 0. The molecule has 0 aliphatic heterocycles. The SMILES string of the molecule is Cc1ccc(Cl)cc1C(=O)c1cccnc1. The molecule has 2 aromatic rings. The second-order valence-electron chi connectivity index (χ2n) is 3.53. The lowest BCUT2D eigenvalue weighted by Crippen LogP contribution is -2.03. The second-order valence-corrected chi connectivity index (χ2v) is 3.97. The fraction of sp³-hybridized carbons (Fsp3) is 0.0769. The van der Waals surface area contributed by atoms with Crippen LogP contribution in [0.3, 0.4) is 0 Å². The second kappa shape index (κ2) is 4.45. The van der Waals surface area contributed by atoms with E-state index < -0.39 is 0 Å². The Labute approximate surface area is 98.9 Å². The van der Waals surface area contributed by atoms with Crippen molar-refractivity contribution >= 4 is 17.4 Å². The molecule has 1 heterocycles. The van der Waals surface area contributed by atoms with Crippen LogP contribution < -0.4 is 0 Å². The molecule has 0 bridgehead atoms. The van der Waals surface area contributed by atoms with Gasteiger partial charge in [-0.05, 0) is 36.8 Å². The molecule has 0 aliphatic rings. The Morgan fingerprint density at radius 3 is 2.81 bits per heavy atom. The summed E-state index contributed by atoms with van der Waals surface area (Å²) in [6.45, 7) is 1.89. The van der Waals surface area contributed by atoms with E-state index in [1.807, 2.05) is 13.0 Å². The normalized spacial score (nSPS) is 10.1. The van der Waals surface area contributed by atoms with Crippen molar-refractivity contribution < 1.29 is 4.79 Å². The largest absolute Gasteiger partial charge is 0.289 e. The zero-order valence-corrected chi connectivity index (χ0v) is 9.53. The first kappa shape index (κ1) is 10.8. The van der Waals surface area contributed by atoms with Crippen molar-refractivity contribution in [3.63, 3.8) is 0 Å². The Kier molecular flexibility index (Phi) is 3.02. The Bertz CT molecular complexity index is 523. The molecule has 0 N–H and O–H groups in total. The van der Waals surface area contributed by atoms with E-state index in [0.29, 0.717) is 16.1 Å². The van der Waals surface area contributed by atoms with Gasteiger partial charge < -0.3 is 0 Å². The van der Waals surface area contributed by atoms with Gasteiger partial charge in [0.2, 0.25) is 0 Å². The summed E-state index contributed by atoms with van der Waals surface area (Å²) in [5, 5.41) is 0.567. The fourth-order valence-electron chi connectivity index (χ4n) is 1.49. The Morgan fingerprint density at radius 1 is 1.31 bits per heavy atom. The third-order valence-corrected chi connectivity index (χ3v) is 2.60. The van der Waals surface area contributed by atoms with Crippen molar-refractivity contribution in [2.75, 3.05) is 0 Å². The van der Waals surface area contributed by atoms with Crippen molar-refractivity contribution in [1.29, 1.82) is 0 Å². The average Bonchev–Trinajstić information content (AvgIpc) is 2.32. The molecule has 0 aliphatic carbocycles. The van der Waals surface area contributed by atoms with Gasteiger partial charge in [-0.1, -0.05) is 17.7 Å². The lowest BCUT2D eigenvalue weighted by atomic mass is 10.0. The van der Waals surface area contributed by atoms with Crippen molar-refractivity contribution in [3.05, 3.63) is 64.4 Å². The first-order chi connectivity index (χ1) is 7.68. The number of aromatic nitrogens is 1. The van der Waals surface area contributed by atoms with Gasteiger partial charge in [0, 0.05) is 28.5 Å². The van der Waals surface area contributed by atoms with E-state index in [0.717, 1.165) is 5.56 Å². The number of halogens is 1. The molecule has 0 atom stereocenters. The van der Waals surface area contributed by atoms with Crippen LogP contribution in [-0.4, -0.2) is 10.8 Å². The van der Waals surface area contributed by atoms with Gasteiger partial charge in [0.1, 0.15) is 0 Å². The van der Waals surface area contributed by atoms with Crippen LogP contribution in [0.4, 0.5) is 0 Å². The first-order valence-corrected chi connectivity index (χ1v) is 5.27. The minimum Gasteiger partial charge on any atom is -0.289 e. The summed E-state index contributed by atoms with van der Waals surface area (Å²) >= 11 is 5.88. The van der Waals surface area contributed by atoms with E-state index in [1.165, 1.54) is 0 Å². The predicted octanol–water partition coefficient (Wildman–Crippen LogP) is 3.27. The van der Waals surface area contributed by atoms with E-state index in [4.69, 9.17) is 11.6 Å². The Morgan fingerprint density at radius 2 is 2.12 bits per heavy atom. The number of ketones is 1. The van der Waals surface area contributed by atoms with Crippen molar-refractivity contribution in [2.24, 2.45) is 0 Å². The maximum Gasteiger partial charge on any atom is 0.194 e. The monoisotopic (exact) mass is 231 g/mol. The standard InChI is InChI=1S/C13H10ClNO/c1-9-4-5-11(14)7-12(9)13(16)10-3-2-6-15-8-10/h2-8H,1H3. The summed E-state index contributed by atoms with van der Waals surface area (Å²) in [6.07, 6.45) is 3.20. The number of hydrogen-bond acceptors (Lipinski definition) is 2. The van der Waals surface area contributed by atoms with Crippen LogP contribution in [0, 0.1) is 6.92 Å². The Hall–Kier alpha value is -1.67.